The van der Waals surface area contributed by atoms with Crippen molar-refractivity contribution in [3.63, 3.8) is 0 Å². The van der Waals surface area contributed by atoms with Crippen LogP contribution in [-0.2, 0) is 13.1 Å². The molecular formula is C14H16ClFN2. The van der Waals surface area contributed by atoms with E-state index in [4.69, 9.17) is 5.73 Å². The monoisotopic (exact) mass is 266 g/mol. The minimum Gasteiger partial charge on any atom is -0.381 e. The van der Waals surface area contributed by atoms with E-state index in [-0.39, 0.29) is 18.2 Å². The first-order chi connectivity index (χ1) is 8.28. The molecule has 3 N–H and O–H groups in total. The van der Waals surface area contributed by atoms with Gasteiger partial charge in [-0.25, -0.2) is 4.39 Å². The average molecular weight is 267 g/mol. The van der Waals surface area contributed by atoms with Crippen molar-refractivity contribution in [2.45, 2.75) is 13.1 Å². The Bertz CT molecular complexity index is 485. The molecule has 96 valence electrons. The quantitative estimate of drug-likeness (QED) is 0.891. The summed E-state index contributed by atoms with van der Waals surface area (Å²) in [5.41, 5.74) is 8.55. The second kappa shape index (κ2) is 6.99. The maximum atomic E-state index is 13.0. The molecule has 0 aromatic heterocycles. The van der Waals surface area contributed by atoms with Gasteiger partial charge in [-0.05, 0) is 35.4 Å². The van der Waals surface area contributed by atoms with Gasteiger partial charge in [-0.15, -0.1) is 12.4 Å². The lowest BCUT2D eigenvalue weighted by Crippen LogP contribution is -2.00. The van der Waals surface area contributed by atoms with Crippen LogP contribution in [0.15, 0.2) is 48.5 Å². The van der Waals surface area contributed by atoms with E-state index in [1.165, 1.54) is 12.1 Å². The third-order valence-corrected chi connectivity index (χ3v) is 2.58. The van der Waals surface area contributed by atoms with Gasteiger partial charge < -0.3 is 11.1 Å². The van der Waals surface area contributed by atoms with Crippen molar-refractivity contribution >= 4 is 18.1 Å². The molecule has 0 bridgehead atoms. The normalized spacial score (nSPS) is 9.67. The molecule has 0 amide bonds. The third-order valence-electron chi connectivity index (χ3n) is 2.58. The van der Waals surface area contributed by atoms with Crippen LogP contribution < -0.4 is 11.1 Å². The predicted molar refractivity (Wildman–Crippen MR) is 75.3 cm³/mol. The number of rotatable bonds is 4. The fraction of sp³-hybridized carbons (Fsp3) is 0.143. The number of nitrogens with one attached hydrogen (secondary N) is 1. The fourth-order valence-electron chi connectivity index (χ4n) is 1.61. The summed E-state index contributed by atoms with van der Waals surface area (Å²) in [5, 5.41) is 3.23. The molecule has 0 spiro atoms. The lowest BCUT2D eigenvalue weighted by Gasteiger charge is -2.07. The zero-order valence-electron chi connectivity index (χ0n) is 9.90. The molecule has 2 rings (SSSR count). The van der Waals surface area contributed by atoms with Gasteiger partial charge >= 0.3 is 0 Å². The molecule has 0 radical (unpaired) electrons. The van der Waals surface area contributed by atoms with Crippen molar-refractivity contribution < 1.29 is 4.39 Å². The lowest BCUT2D eigenvalue weighted by molar-refractivity contribution is 0.626. The van der Waals surface area contributed by atoms with Gasteiger partial charge in [-0.2, -0.15) is 0 Å². The summed E-state index contributed by atoms with van der Waals surface area (Å²) in [6, 6.07) is 14.5. The summed E-state index contributed by atoms with van der Waals surface area (Å²) in [6.07, 6.45) is 0. The maximum absolute atomic E-state index is 13.0. The Morgan fingerprint density at radius 2 is 1.72 bits per heavy atom. The molecule has 0 atom stereocenters. The van der Waals surface area contributed by atoms with Crippen LogP contribution >= 0.6 is 12.4 Å². The summed E-state index contributed by atoms with van der Waals surface area (Å²) in [5.74, 6) is -0.206. The van der Waals surface area contributed by atoms with Gasteiger partial charge in [-0.3, -0.25) is 0 Å². The molecule has 0 saturated heterocycles. The van der Waals surface area contributed by atoms with Crippen molar-refractivity contribution in [2.24, 2.45) is 5.73 Å². The average Bonchev–Trinajstić information content (AvgIpc) is 2.37. The Hall–Kier alpha value is -1.58. The Kier molecular flexibility index (Phi) is 5.62. The van der Waals surface area contributed by atoms with Crippen LogP contribution in [0, 0.1) is 5.82 Å². The van der Waals surface area contributed by atoms with Crippen molar-refractivity contribution in [3.8, 4) is 0 Å². The van der Waals surface area contributed by atoms with E-state index >= 15 is 0 Å². The molecule has 2 aromatic rings. The van der Waals surface area contributed by atoms with Crippen LogP contribution in [0.5, 0.6) is 0 Å². The van der Waals surface area contributed by atoms with E-state index in [9.17, 15) is 4.39 Å². The molecular weight excluding hydrogens is 251 g/mol. The lowest BCUT2D eigenvalue weighted by atomic mass is 10.2. The van der Waals surface area contributed by atoms with Crippen molar-refractivity contribution in [2.75, 3.05) is 5.32 Å². The highest BCUT2D eigenvalue weighted by Crippen LogP contribution is 2.11. The molecule has 2 aromatic carbocycles. The molecule has 18 heavy (non-hydrogen) atoms. The number of nitrogens with two attached hydrogens (primary N) is 1. The zero-order valence-corrected chi connectivity index (χ0v) is 10.7. The Labute approximate surface area is 112 Å². The summed E-state index contributed by atoms with van der Waals surface area (Å²) in [7, 11) is 0. The number of benzene rings is 2. The van der Waals surface area contributed by atoms with Crippen molar-refractivity contribution in [3.05, 3.63) is 65.5 Å². The predicted octanol–water partition coefficient (Wildman–Crippen LogP) is 3.32. The number of anilines is 1. The van der Waals surface area contributed by atoms with Gasteiger partial charge in [0.25, 0.3) is 0 Å². The van der Waals surface area contributed by atoms with Crippen molar-refractivity contribution in [1.82, 2.24) is 0 Å². The van der Waals surface area contributed by atoms with E-state index in [1.807, 2.05) is 30.3 Å². The van der Waals surface area contributed by atoms with Gasteiger partial charge in [0.1, 0.15) is 5.82 Å². The van der Waals surface area contributed by atoms with E-state index in [2.05, 4.69) is 5.32 Å². The van der Waals surface area contributed by atoms with Crippen LogP contribution in [0.1, 0.15) is 11.1 Å². The first-order valence-electron chi connectivity index (χ1n) is 5.55. The van der Waals surface area contributed by atoms with Crippen molar-refractivity contribution in [1.29, 1.82) is 0 Å². The Morgan fingerprint density at radius 1 is 1.00 bits per heavy atom. The number of halogens is 2. The highest BCUT2D eigenvalue weighted by atomic mass is 35.5. The van der Waals surface area contributed by atoms with E-state index in [0.29, 0.717) is 13.1 Å². The van der Waals surface area contributed by atoms with Gasteiger partial charge in [0.15, 0.2) is 0 Å². The zero-order chi connectivity index (χ0) is 12.1. The smallest absolute Gasteiger partial charge is 0.123 e. The van der Waals surface area contributed by atoms with Crippen LogP contribution in [-0.4, -0.2) is 0 Å². The van der Waals surface area contributed by atoms with Crippen LogP contribution in [0.4, 0.5) is 10.1 Å². The molecule has 0 heterocycles. The molecule has 0 fully saturated rings. The first kappa shape index (κ1) is 14.5. The fourth-order valence-corrected chi connectivity index (χ4v) is 1.61. The molecule has 0 aliphatic heterocycles. The van der Waals surface area contributed by atoms with Crippen LogP contribution in [0.25, 0.3) is 0 Å². The Morgan fingerprint density at radius 3 is 2.33 bits per heavy atom. The van der Waals surface area contributed by atoms with Gasteiger partial charge in [-0.1, -0.05) is 24.3 Å². The van der Waals surface area contributed by atoms with Gasteiger partial charge in [0.05, 0.1) is 0 Å². The summed E-state index contributed by atoms with van der Waals surface area (Å²) in [4.78, 5) is 0. The van der Waals surface area contributed by atoms with E-state index < -0.39 is 0 Å². The number of hydrogen-bond donors (Lipinski definition) is 2. The Balaban J connectivity index is 0.00000162. The molecule has 0 aliphatic carbocycles. The summed E-state index contributed by atoms with van der Waals surface area (Å²) >= 11 is 0. The molecule has 0 unspecified atom stereocenters. The molecule has 4 heteroatoms. The highest BCUT2D eigenvalue weighted by Gasteiger charge is 1.96. The maximum Gasteiger partial charge on any atom is 0.123 e. The molecule has 0 saturated carbocycles. The molecule has 0 aliphatic rings. The standard InChI is InChI=1S/C14H15FN2.ClH/c15-13-3-1-2-12(8-13)10-17-14-6-4-11(9-16)5-7-14;/h1-8,17H,9-10,16H2;1H. The van der Waals surface area contributed by atoms with E-state index in [1.54, 1.807) is 6.07 Å². The number of hydrogen-bond acceptors (Lipinski definition) is 2. The topological polar surface area (TPSA) is 38.0 Å². The summed E-state index contributed by atoms with van der Waals surface area (Å²) in [6.45, 7) is 1.16. The first-order valence-corrected chi connectivity index (χ1v) is 5.55. The third kappa shape index (κ3) is 4.02. The van der Waals surface area contributed by atoms with Gasteiger partial charge in [0, 0.05) is 18.8 Å². The SMILES string of the molecule is Cl.NCc1ccc(NCc2cccc(F)c2)cc1. The second-order valence-corrected chi connectivity index (χ2v) is 3.88. The van der Waals surface area contributed by atoms with Gasteiger partial charge in [0.2, 0.25) is 0 Å². The molecule has 2 nitrogen and oxygen atoms in total. The largest absolute Gasteiger partial charge is 0.381 e. The second-order valence-electron chi connectivity index (χ2n) is 3.88. The van der Waals surface area contributed by atoms with Crippen LogP contribution in [0.2, 0.25) is 0 Å². The minimum atomic E-state index is -0.206. The van der Waals surface area contributed by atoms with E-state index in [0.717, 1.165) is 16.8 Å². The highest BCUT2D eigenvalue weighted by molar-refractivity contribution is 5.85. The summed E-state index contributed by atoms with van der Waals surface area (Å²) < 4.78 is 13.0. The minimum absolute atomic E-state index is 0. The van der Waals surface area contributed by atoms with Crippen LogP contribution in [0.3, 0.4) is 0 Å².